The summed E-state index contributed by atoms with van der Waals surface area (Å²) < 4.78 is 28.0. The van der Waals surface area contributed by atoms with Gasteiger partial charge in [0.25, 0.3) is 10.2 Å². The molecule has 0 atom stereocenters. The van der Waals surface area contributed by atoms with E-state index in [1.54, 1.807) is 8.61 Å². The van der Waals surface area contributed by atoms with Gasteiger partial charge >= 0.3 is 0 Å². The number of hydrogen-bond donors (Lipinski definition) is 1. The van der Waals surface area contributed by atoms with Crippen LogP contribution in [0.4, 0.5) is 0 Å². The molecule has 2 aliphatic rings. The highest BCUT2D eigenvalue weighted by Gasteiger charge is 2.48. The van der Waals surface area contributed by atoms with Crippen LogP contribution in [-0.2, 0) is 10.2 Å². The van der Waals surface area contributed by atoms with Crippen LogP contribution in [0, 0.1) is 5.92 Å². The Balaban J connectivity index is 2.00. The van der Waals surface area contributed by atoms with Gasteiger partial charge in [0.05, 0.1) is 0 Å². The molecule has 0 aliphatic carbocycles. The highest BCUT2D eigenvalue weighted by Crippen LogP contribution is 2.30. The summed E-state index contributed by atoms with van der Waals surface area (Å²) in [7, 11) is -3.27. The predicted molar refractivity (Wildman–Crippen MR) is 72.3 cm³/mol. The molecule has 0 unspecified atom stereocenters. The van der Waals surface area contributed by atoms with E-state index in [9.17, 15) is 8.42 Å². The monoisotopic (exact) mass is 275 g/mol. The van der Waals surface area contributed by atoms with Crippen molar-refractivity contribution in [1.29, 1.82) is 0 Å². The minimum atomic E-state index is -3.27. The molecule has 106 valence electrons. The second-order valence-electron chi connectivity index (χ2n) is 5.98. The molecule has 5 nitrogen and oxygen atoms in total. The molecule has 0 aromatic carbocycles. The Labute approximate surface area is 110 Å². The zero-order chi connectivity index (χ0) is 13.4. The predicted octanol–water partition coefficient (Wildman–Crippen LogP) is 0.776. The fraction of sp³-hybridized carbons (Fsp3) is 1.00. The maximum Gasteiger partial charge on any atom is 0.282 e. The standard InChI is InChI=1S/C12H25N3O2S/c1-11(2)12(13)9-15(10-12)18(16,17)14-7-5-3-4-6-8-14/h11H,3-10,13H2,1-2H3. The first-order valence-electron chi connectivity index (χ1n) is 6.90. The molecule has 6 heteroatoms. The van der Waals surface area contributed by atoms with E-state index in [-0.39, 0.29) is 5.54 Å². The topological polar surface area (TPSA) is 66.6 Å². The molecule has 2 fully saturated rings. The second kappa shape index (κ2) is 5.07. The second-order valence-corrected chi connectivity index (χ2v) is 7.91. The van der Waals surface area contributed by atoms with E-state index in [2.05, 4.69) is 13.8 Å². The highest BCUT2D eigenvalue weighted by molar-refractivity contribution is 7.86. The van der Waals surface area contributed by atoms with E-state index in [1.807, 2.05) is 0 Å². The fourth-order valence-electron chi connectivity index (χ4n) is 2.57. The molecule has 0 amide bonds. The first-order chi connectivity index (χ1) is 8.36. The van der Waals surface area contributed by atoms with Gasteiger partial charge in [-0.3, -0.25) is 0 Å². The summed E-state index contributed by atoms with van der Waals surface area (Å²) in [5.41, 5.74) is 5.83. The van der Waals surface area contributed by atoms with Crippen molar-refractivity contribution < 1.29 is 8.42 Å². The molecule has 0 aromatic heterocycles. The minimum Gasteiger partial charge on any atom is -0.323 e. The zero-order valence-electron chi connectivity index (χ0n) is 11.4. The van der Waals surface area contributed by atoms with Crippen molar-refractivity contribution in [3.8, 4) is 0 Å². The van der Waals surface area contributed by atoms with E-state index in [1.165, 1.54) is 0 Å². The summed E-state index contributed by atoms with van der Waals surface area (Å²) >= 11 is 0. The quantitative estimate of drug-likeness (QED) is 0.827. The van der Waals surface area contributed by atoms with Crippen LogP contribution in [0.1, 0.15) is 39.5 Å². The molecule has 0 radical (unpaired) electrons. The lowest BCUT2D eigenvalue weighted by Gasteiger charge is -2.50. The van der Waals surface area contributed by atoms with Crippen LogP contribution in [0.5, 0.6) is 0 Å². The average Bonchev–Trinajstić information content (AvgIpc) is 2.52. The molecule has 2 aliphatic heterocycles. The van der Waals surface area contributed by atoms with Gasteiger partial charge in [-0.15, -0.1) is 0 Å². The normalized spacial score (nSPS) is 26.9. The molecule has 0 aromatic rings. The Morgan fingerprint density at radius 2 is 1.50 bits per heavy atom. The summed E-state index contributed by atoms with van der Waals surface area (Å²) in [6.07, 6.45) is 4.23. The Kier molecular flexibility index (Phi) is 4.02. The van der Waals surface area contributed by atoms with Crippen LogP contribution in [0.15, 0.2) is 0 Å². The van der Waals surface area contributed by atoms with E-state index in [0.29, 0.717) is 32.1 Å². The molecule has 0 bridgehead atoms. The lowest BCUT2D eigenvalue weighted by atomic mass is 9.82. The number of nitrogens with two attached hydrogens (primary N) is 1. The number of rotatable bonds is 3. The van der Waals surface area contributed by atoms with Crippen molar-refractivity contribution in [1.82, 2.24) is 8.61 Å². The van der Waals surface area contributed by atoms with Crippen molar-refractivity contribution in [2.45, 2.75) is 45.1 Å². The molecular formula is C12H25N3O2S. The van der Waals surface area contributed by atoms with Crippen LogP contribution in [0.2, 0.25) is 0 Å². The van der Waals surface area contributed by atoms with E-state index in [4.69, 9.17) is 5.73 Å². The smallest absolute Gasteiger partial charge is 0.282 e. The summed E-state index contributed by atoms with van der Waals surface area (Å²) in [6, 6.07) is 0. The van der Waals surface area contributed by atoms with Gasteiger partial charge in [0.2, 0.25) is 0 Å². The molecule has 0 saturated carbocycles. The van der Waals surface area contributed by atoms with Crippen LogP contribution < -0.4 is 5.73 Å². The van der Waals surface area contributed by atoms with Gasteiger partial charge in [0.15, 0.2) is 0 Å². The highest BCUT2D eigenvalue weighted by atomic mass is 32.2. The lowest BCUT2D eigenvalue weighted by Crippen LogP contribution is -2.72. The third-order valence-corrected chi connectivity index (χ3v) is 6.24. The van der Waals surface area contributed by atoms with Crippen molar-refractivity contribution in [2.24, 2.45) is 11.7 Å². The fourth-order valence-corrected chi connectivity index (χ4v) is 4.43. The van der Waals surface area contributed by atoms with Crippen molar-refractivity contribution in [2.75, 3.05) is 26.2 Å². The van der Waals surface area contributed by atoms with E-state index >= 15 is 0 Å². The third kappa shape index (κ3) is 2.57. The Bertz CT molecular complexity index is 380. The summed E-state index contributed by atoms with van der Waals surface area (Å²) in [6.45, 7) is 6.36. The number of hydrogen-bond acceptors (Lipinski definition) is 3. The van der Waals surface area contributed by atoms with Gasteiger partial charge < -0.3 is 5.73 Å². The van der Waals surface area contributed by atoms with Crippen molar-refractivity contribution in [3.05, 3.63) is 0 Å². The van der Waals surface area contributed by atoms with Gasteiger partial charge in [-0.05, 0) is 18.8 Å². The Morgan fingerprint density at radius 3 is 1.94 bits per heavy atom. The van der Waals surface area contributed by atoms with Crippen LogP contribution in [0.3, 0.4) is 0 Å². The molecule has 0 spiro atoms. The maximum atomic E-state index is 12.4. The van der Waals surface area contributed by atoms with E-state index in [0.717, 1.165) is 25.7 Å². The molecule has 2 rings (SSSR count). The van der Waals surface area contributed by atoms with Gasteiger partial charge in [-0.25, -0.2) is 0 Å². The van der Waals surface area contributed by atoms with Gasteiger partial charge in [0, 0.05) is 31.7 Å². The van der Waals surface area contributed by atoms with Gasteiger partial charge in [0.1, 0.15) is 0 Å². The first-order valence-corrected chi connectivity index (χ1v) is 8.30. The third-order valence-electron chi connectivity index (χ3n) is 4.31. The van der Waals surface area contributed by atoms with Crippen LogP contribution in [-0.4, -0.2) is 48.7 Å². The lowest BCUT2D eigenvalue weighted by molar-refractivity contribution is 0.103. The van der Waals surface area contributed by atoms with Crippen LogP contribution >= 0.6 is 0 Å². The largest absolute Gasteiger partial charge is 0.323 e. The van der Waals surface area contributed by atoms with Gasteiger partial charge in [-0.1, -0.05) is 26.7 Å². The summed E-state index contributed by atoms with van der Waals surface area (Å²) in [5.74, 6) is 0.313. The SMILES string of the molecule is CC(C)C1(N)CN(S(=O)(=O)N2CCCCCC2)C1. The Hall–Kier alpha value is -0.170. The molecule has 18 heavy (non-hydrogen) atoms. The first kappa shape index (κ1) is 14.2. The maximum absolute atomic E-state index is 12.4. The van der Waals surface area contributed by atoms with Gasteiger partial charge in [-0.2, -0.15) is 17.0 Å². The molecule has 2 saturated heterocycles. The zero-order valence-corrected chi connectivity index (χ0v) is 12.2. The summed E-state index contributed by atoms with van der Waals surface area (Å²) in [4.78, 5) is 0. The van der Waals surface area contributed by atoms with E-state index < -0.39 is 10.2 Å². The Morgan fingerprint density at radius 1 is 1.00 bits per heavy atom. The number of nitrogens with zero attached hydrogens (tertiary/aromatic N) is 2. The molecule has 2 N–H and O–H groups in total. The van der Waals surface area contributed by atoms with Crippen molar-refractivity contribution >= 4 is 10.2 Å². The van der Waals surface area contributed by atoms with Crippen molar-refractivity contribution in [3.63, 3.8) is 0 Å². The van der Waals surface area contributed by atoms with Crippen LogP contribution in [0.25, 0.3) is 0 Å². The molecular weight excluding hydrogens is 250 g/mol. The molecule has 2 heterocycles. The average molecular weight is 275 g/mol. The summed E-state index contributed by atoms with van der Waals surface area (Å²) in [5, 5.41) is 0. The minimum absolute atomic E-state index is 0.313.